The number of amides is 1. The van der Waals surface area contributed by atoms with Crippen LogP contribution < -0.4 is 4.90 Å². The van der Waals surface area contributed by atoms with Crippen molar-refractivity contribution >= 4 is 45.8 Å². The van der Waals surface area contributed by atoms with E-state index < -0.39 is 0 Å². The van der Waals surface area contributed by atoms with Crippen LogP contribution >= 0.6 is 34.2 Å². The van der Waals surface area contributed by atoms with E-state index in [2.05, 4.69) is 29.2 Å². The molecular weight excluding hydrogens is 385 g/mol. The third kappa shape index (κ3) is 3.41. The average Bonchev–Trinajstić information content (AvgIpc) is 2.45. The van der Waals surface area contributed by atoms with Crippen LogP contribution in [-0.2, 0) is 0 Å². The molecule has 0 N–H and O–H groups in total. The van der Waals surface area contributed by atoms with Crippen molar-refractivity contribution in [2.24, 2.45) is 0 Å². The SMILES string of the molecule is C=CCN(C(=O)c1ccc(Cl)cc1I)c1ccccc1. The molecule has 0 radical (unpaired) electrons. The van der Waals surface area contributed by atoms with Crippen molar-refractivity contribution in [2.45, 2.75) is 0 Å². The fourth-order valence-electron chi connectivity index (χ4n) is 1.85. The number of anilines is 1. The van der Waals surface area contributed by atoms with Gasteiger partial charge in [-0.3, -0.25) is 4.79 Å². The first-order chi connectivity index (χ1) is 9.63. The normalized spacial score (nSPS) is 10.1. The maximum atomic E-state index is 12.7. The summed E-state index contributed by atoms with van der Waals surface area (Å²) in [5, 5.41) is 0.626. The van der Waals surface area contributed by atoms with Crippen molar-refractivity contribution in [3.8, 4) is 0 Å². The molecule has 0 aliphatic carbocycles. The summed E-state index contributed by atoms with van der Waals surface area (Å²) in [6.07, 6.45) is 1.72. The van der Waals surface area contributed by atoms with Crippen molar-refractivity contribution in [2.75, 3.05) is 11.4 Å². The Balaban J connectivity index is 2.39. The first-order valence-electron chi connectivity index (χ1n) is 6.06. The smallest absolute Gasteiger partial charge is 0.259 e. The number of carbonyl (C=O) groups excluding carboxylic acids is 1. The molecule has 2 rings (SSSR count). The van der Waals surface area contributed by atoms with Crippen LogP contribution in [0.5, 0.6) is 0 Å². The molecule has 0 bridgehead atoms. The maximum Gasteiger partial charge on any atom is 0.259 e. The topological polar surface area (TPSA) is 20.3 Å². The van der Waals surface area contributed by atoms with Crippen molar-refractivity contribution in [1.29, 1.82) is 0 Å². The number of halogens is 2. The van der Waals surface area contributed by atoms with Crippen LogP contribution in [0, 0.1) is 3.57 Å². The van der Waals surface area contributed by atoms with Gasteiger partial charge in [-0.1, -0.05) is 35.9 Å². The third-order valence-corrected chi connectivity index (χ3v) is 3.91. The molecule has 20 heavy (non-hydrogen) atoms. The van der Waals surface area contributed by atoms with E-state index in [1.165, 1.54) is 0 Å². The molecule has 0 spiro atoms. The number of rotatable bonds is 4. The van der Waals surface area contributed by atoms with Gasteiger partial charge in [0.1, 0.15) is 0 Å². The number of hydrogen-bond donors (Lipinski definition) is 0. The van der Waals surface area contributed by atoms with Crippen LogP contribution in [0.4, 0.5) is 5.69 Å². The number of nitrogens with zero attached hydrogens (tertiary/aromatic N) is 1. The van der Waals surface area contributed by atoms with Crippen LogP contribution in [0.3, 0.4) is 0 Å². The zero-order valence-corrected chi connectivity index (χ0v) is 13.6. The fraction of sp³-hybridized carbons (Fsp3) is 0.0625. The summed E-state index contributed by atoms with van der Waals surface area (Å²) in [5.74, 6) is -0.0582. The number of hydrogen-bond acceptors (Lipinski definition) is 1. The number of para-hydroxylation sites is 1. The standard InChI is InChI=1S/C16H13ClINO/c1-2-10-19(13-6-4-3-5-7-13)16(20)14-9-8-12(17)11-15(14)18/h2-9,11H,1,10H2. The molecule has 0 heterocycles. The molecule has 0 atom stereocenters. The first-order valence-corrected chi connectivity index (χ1v) is 7.52. The van der Waals surface area contributed by atoms with Gasteiger partial charge in [-0.25, -0.2) is 0 Å². The number of benzene rings is 2. The molecule has 0 fully saturated rings. The maximum absolute atomic E-state index is 12.7. The summed E-state index contributed by atoms with van der Waals surface area (Å²) in [4.78, 5) is 14.4. The van der Waals surface area contributed by atoms with Gasteiger partial charge in [-0.2, -0.15) is 0 Å². The lowest BCUT2D eigenvalue weighted by Crippen LogP contribution is -2.31. The van der Waals surface area contributed by atoms with Gasteiger partial charge in [0.15, 0.2) is 0 Å². The first kappa shape index (κ1) is 15.1. The summed E-state index contributed by atoms with van der Waals surface area (Å²) in [6, 6.07) is 14.8. The summed E-state index contributed by atoms with van der Waals surface area (Å²) in [6.45, 7) is 4.18. The molecule has 102 valence electrons. The summed E-state index contributed by atoms with van der Waals surface area (Å²) < 4.78 is 0.838. The minimum absolute atomic E-state index is 0.0582. The summed E-state index contributed by atoms with van der Waals surface area (Å²) in [7, 11) is 0. The second-order valence-electron chi connectivity index (χ2n) is 4.16. The minimum Gasteiger partial charge on any atom is -0.305 e. The van der Waals surface area contributed by atoms with Gasteiger partial charge in [0.25, 0.3) is 5.91 Å². The Morgan fingerprint density at radius 2 is 1.95 bits per heavy atom. The van der Waals surface area contributed by atoms with Crippen LogP contribution in [-0.4, -0.2) is 12.5 Å². The molecular formula is C16H13ClINO. The molecule has 2 aromatic rings. The van der Waals surface area contributed by atoms with Gasteiger partial charge in [-0.15, -0.1) is 6.58 Å². The van der Waals surface area contributed by atoms with E-state index in [0.29, 0.717) is 17.1 Å². The van der Waals surface area contributed by atoms with Gasteiger partial charge in [0.2, 0.25) is 0 Å². The molecule has 0 aliphatic heterocycles. The van der Waals surface area contributed by atoms with Crippen molar-refractivity contribution < 1.29 is 4.79 Å². The lowest BCUT2D eigenvalue weighted by Gasteiger charge is -2.22. The van der Waals surface area contributed by atoms with Gasteiger partial charge in [0, 0.05) is 20.8 Å². The van der Waals surface area contributed by atoms with E-state index in [1.54, 1.807) is 29.2 Å². The fourth-order valence-corrected chi connectivity index (χ4v) is 2.95. The Kier molecular flexibility index (Phi) is 5.20. The van der Waals surface area contributed by atoms with Gasteiger partial charge >= 0.3 is 0 Å². The average molecular weight is 398 g/mol. The lowest BCUT2D eigenvalue weighted by atomic mass is 10.1. The van der Waals surface area contributed by atoms with E-state index >= 15 is 0 Å². The van der Waals surface area contributed by atoms with Crippen LogP contribution in [0.25, 0.3) is 0 Å². The van der Waals surface area contributed by atoms with E-state index in [1.807, 2.05) is 30.3 Å². The van der Waals surface area contributed by atoms with E-state index in [0.717, 1.165) is 9.26 Å². The molecule has 0 saturated heterocycles. The van der Waals surface area contributed by atoms with E-state index in [4.69, 9.17) is 11.6 Å². The van der Waals surface area contributed by atoms with Crippen LogP contribution in [0.2, 0.25) is 5.02 Å². The van der Waals surface area contributed by atoms with Gasteiger partial charge in [-0.05, 0) is 52.9 Å². The molecule has 0 aliphatic rings. The van der Waals surface area contributed by atoms with E-state index in [-0.39, 0.29) is 5.91 Å². The summed E-state index contributed by atoms with van der Waals surface area (Å²) in [5.41, 5.74) is 1.49. The summed E-state index contributed by atoms with van der Waals surface area (Å²) >= 11 is 8.06. The highest BCUT2D eigenvalue weighted by Gasteiger charge is 2.18. The Labute approximate surface area is 137 Å². The third-order valence-electron chi connectivity index (χ3n) is 2.79. The van der Waals surface area contributed by atoms with Crippen molar-refractivity contribution in [1.82, 2.24) is 0 Å². The van der Waals surface area contributed by atoms with Gasteiger partial charge in [0.05, 0.1) is 5.56 Å². The number of carbonyl (C=O) groups is 1. The molecule has 0 unspecified atom stereocenters. The quantitative estimate of drug-likeness (QED) is 0.537. The molecule has 4 heteroatoms. The largest absolute Gasteiger partial charge is 0.305 e. The second-order valence-corrected chi connectivity index (χ2v) is 5.76. The Bertz CT molecular complexity index is 628. The Hall–Kier alpha value is -1.33. The minimum atomic E-state index is -0.0582. The molecule has 1 amide bonds. The molecule has 0 aromatic heterocycles. The predicted molar refractivity (Wildman–Crippen MR) is 92.5 cm³/mol. The zero-order chi connectivity index (χ0) is 14.5. The molecule has 0 saturated carbocycles. The van der Waals surface area contributed by atoms with Crippen LogP contribution in [0.1, 0.15) is 10.4 Å². The molecule has 2 aromatic carbocycles. The predicted octanol–water partition coefficient (Wildman–Crippen LogP) is 4.78. The molecule has 2 nitrogen and oxygen atoms in total. The Morgan fingerprint density at radius 1 is 1.25 bits per heavy atom. The monoisotopic (exact) mass is 397 g/mol. The van der Waals surface area contributed by atoms with Crippen molar-refractivity contribution in [3.05, 3.63) is 75.3 Å². The highest BCUT2D eigenvalue weighted by molar-refractivity contribution is 14.1. The van der Waals surface area contributed by atoms with Crippen LogP contribution in [0.15, 0.2) is 61.2 Å². The highest BCUT2D eigenvalue weighted by Crippen LogP contribution is 2.22. The zero-order valence-electron chi connectivity index (χ0n) is 10.7. The van der Waals surface area contributed by atoms with E-state index in [9.17, 15) is 4.79 Å². The van der Waals surface area contributed by atoms with Gasteiger partial charge < -0.3 is 4.90 Å². The lowest BCUT2D eigenvalue weighted by molar-refractivity contribution is 0.0989. The van der Waals surface area contributed by atoms with Crippen molar-refractivity contribution in [3.63, 3.8) is 0 Å². The highest BCUT2D eigenvalue weighted by atomic mass is 127. The second kappa shape index (κ2) is 6.90. The Morgan fingerprint density at radius 3 is 2.55 bits per heavy atom.